The fraction of sp³-hybridized carbons (Fsp3) is 0.143. The van der Waals surface area contributed by atoms with E-state index in [9.17, 15) is 17.6 Å². The van der Waals surface area contributed by atoms with Crippen molar-refractivity contribution in [2.75, 3.05) is 6.61 Å². The fourth-order valence-electron chi connectivity index (χ4n) is 2.96. The van der Waals surface area contributed by atoms with Crippen molar-refractivity contribution in [3.05, 3.63) is 90.2 Å². The lowest BCUT2D eigenvalue weighted by Crippen LogP contribution is -2.65. The number of rotatable bonds is 6. The van der Waals surface area contributed by atoms with Crippen LogP contribution < -0.4 is 14.8 Å². The van der Waals surface area contributed by atoms with Gasteiger partial charge in [-0.2, -0.15) is 13.2 Å². The standard InChI is InChI=1S/C21H18F4O2Si/c1-2-26-28(16-10-5-3-6-11-16,17-12-7-4-8-13-17)27-19-15-9-14-18(20(19)22)21(23,24)25/h3-15H,2H2,1H3. The van der Waals surface area contributed by atoms with Gasteiger partial charge in [-0.25, -0.2) is 4.39 Å². The Bertz CT molecular complexity index is 875. The molecule has 0 saturated heterocycles. The molecule has 0 bridgehead atoms. The zero-order valence-electron chi connectivity index (χ0n) is 15.0. The number of halogens is 4. The summed E-state index contributed by atoms with van der Waals surface area (Å²) in [5, 5.41) is 1.33. The average Bonchev–Trinajstić information content (AvgIpc) is 2.69. The normalized spacial score (nSPS) is 12.0. The molecular formula is C21H18F4O2Si. The first-order valence-electron chi connectivity index (χ1n) is 8.68. The first kappa shape index (κ1) is 20.1. The molecule has 0 aromatic heterocycles. The Morgan fingerprint density at radius 2 is 1.32 bits per heavy atom. The molecule has 7 heteroatoms. The molecule has 0 aliphatic heterocycles. The zero-order valence-corrected chi connectivity index (χ0v) is 16.0. The van der Waals surface area contributed by atoms with Crippen LogP contribution in [0.1, 0.15) is 12.5 Å². The molecule has 0 fully saturated rings. The molecule has 0 heterocycles. The highest BCUT2D eigenvalue weighted by Gasteiger charge is 2.46. The molecule has 0 aliphatic carbocycles. The van der Waals surface area contributed by atoms with Crippen LogP contribution in [0, 0.1) is 5.82 Å². The van der Waals surface area contributed by atoms with E-state index in [2.05, 4.69) is 0 Å². The minimum atomic E-state index is -4.82. The van der Waals surface area contributed by atoms with Crippen LogP contribution in [0.5, 0.6) is 5.75 Å². The van der Waals surface area contributed by atoms with Crippen molar-refractivity contribution < 1.29 is 26.4 Å². The summed E-state index contributed by atoms with van der Waals surface area (Å²) in [6.45, 7) is 2.01. The van der Waals surface area contributed by atoms with Gasteiger partial charge in [-0.05, 0) is 19.1 Å². The molecule has 2 nitrogen and oxygen atoms in total. The third-order valence-corrected chi connectivity index (χ3v) is 7.57. The lowest BCUT2D eigenvalue weighted by molar-refractivity contribution is -0.140. The molecular weight excluding hydrogens is 388 g/mol. The van der Waals surface area contributed by atoms with Crippen LogP contribution >= 0.6 is 0 Å². The van der Waals surface area contributed by atoms with Crippen LogP contribution in [0.25, 0.3) is 0 Å². The van der Waals surface area contributed by atoms with Gasteiger partial charge in [-0.15, -0.1) is 0 Å². The maximum absolute atomic E-state index is 14.7. The fourth-order valence-corrected chi connectivity index (χ4v) is 6.06. The van der Waals surface area contributed by atoms with Crippen molar-refractivity contribution in [1.82, 2.24) is 0 Å². The average molecular weight is 406 g/mol. The first-order chi connectivity index (χ1) is 13.4. The summed E-state index contributed by atoms with van der Waals surface area (Å²) in [5.74, 6) is -1.93. The van der Waals surface area contributed by atoms with Gasteiger partial charge in [-0.3, -0.25) is 0 Å². The predicted octanol–water partition coefficient (Wildman–Crippen LogP) is 4.52. The highest BCUT2D eigenvalue weighted by Crippen LogP contribution is 2.35. The Hall–Kier alpha value is -2.64. The molecule has 0 amide bonds. The van der Waals surface area contributed by atoms with E-state index >= 15 is 0 Å². The van der Waals surface area contributed by atoms with Gasteiger partial charge in [0.25, 0.3) is 0 Å². The third kappa shape index (κ3) is 3.95. The van der Waals surface area contributed by atoms with Crippen molar-refractivity contribution in [3.8, 4) is 5.75 Å². The van der Waals surface area contributed by atoms with E-state index in [1.54, 1.807) is 55.5 Å². The number of hydrogen-bond acceptors (Lipinski definition) is 2. The van der Waals surface area contributed by atoms with E-state index < -0.39 is 31.9 Å². The van der Waals surface area contributed by atoms with Crippen LogP contribution in [0.3, 0.4) is 0 Å². The lowest BCUT2D eigenvalue weighted by Gasteiger charge is -2.32. The summed E-state index contributed by atoms with van der Waals surface area (Å²) in [6, 6.07) is 20.9. The van der Waals surface area contributed by atoms with E-state index in [-0.39, 0.29) is 6.61 Å². The van der Waals surface area contributed by atoms with Gasteiger partial charge >= 0.3 is 14.7 Å². The highest BCUT2D eigenvalue weighted by molar-refractivity contribution is 6.93. The summed E-state index contributed by atoms with van der Waals surface area (Å²) in [6.07, 6.45) is -4.82. The molecule has 28 heavy (non-hydrogen) atoms. The second-order valence-electron chi connectivity index (χ2n) is 6.00. The molecule has 3 aromatic rings. The molecule has 0 radical (unpaired) electrons. The SMILES string of the molecule is CCO[Si](Oc1cccc(C(F)(F)F)c1F)(c1ccccc1)c1ccccc1. The molecule has 3 rings (SSSR count). The lowest BCUT2D eigenvalue weighted by atomic mass is 10.2. The Balaban J connectivity index is 2.19. The molecule has 0 atom stereocenters. The molecule has 0 spiro atoms. The summed E-state index contributed by atoms with van der Waals surface area (Å²) in [5.41, 5.74) is -1.37. The van der Waals surface area contributed by atoms with Crippen LogP contribution in [-0.4, -0.2) is 15.2 Å². The van der Waals surface area contributed by atoms with Gasteiger partial charge in [0.05, 0.1) is 5.56 Å². The maximum Gasteiger partial charge on any atom is 0.468 e. The minimum absolute atomic E-state index is 0.247. The van der Waals surface area contributed by atoms with Gasteiger partial charge in [-0.1, -0.05) is 66.7 Å². The summed E-state index contributed by atoms with van der Waals surface area (Å²) in [7, 11) is -3.51. The second kappa shape index (κ2) is 8.16. The monoisotopic (exact) mass is 406 g/mol. The number of benzene rings is 3. The highest BCUT2D eigenvalue weighted by atomic mass is 28.4. The van der Waals surface area contributed by atoms with Crippen molar-refractivity contribution in [2.24, 2.45) is 0 Å². The number of hydrogen-bond donors (Lipinski definition) is 0. The topological polar surface area (TPSA) is 18.5 Å². The van der Waals surface area contributed by atoms with Crippen LogP contribution in [-0.2, 0) is 10.6 Å². The van der Waals surface area contributed by atoms with Crippen LogP contribution in [0.2, 0.25) is 0 Å². The largest absolute Gasteiger partial charge is 0.511 e. The van der Waals surface area contributed by atoms with Crippen LogP contribution in [0.4, 0.5) is 17.6 Å². The van der Waals surface area contributed by atoms with E-state index in [1.165, 1.54) is 6.07 Å². The molecule has 0 N–H and O–H groups in total. The molecule has 3 aromatic carbocycles. The van der Waals surface area contributed by atoms with Crippen molar-refractivity contribution in [2.45, 2.75) is 13.1 Å². The van der Waals surface area contributed by atoms with Gasteiger partial charge in [0, 0.05) is 17.0 Å². The molecule has 146 valence electrons. The minimum Gasteiger partial charge on any atom is -0.511 e. The third-order valence-electron chi connectivity index (χ3n) is 4.18. The van der Waals surface area contributed by atoms with E-state index in [1.807, 2.05) is 12.1 Å². The summed E-state index contributed by atoms with van der Waals surface area (Å²) < 4.78 is 66.2. The van der Waals surface area contributed by atoms with Crippen molar-refractivity contribution in [3.63, 3.8) is 0 Å². The molecule has 0 saturated carbocycles. The van der Waals surface area contributed by atoms with E-state index in [4.69, 9.17) is 8.85 Å². The van der Waals surface area contributed by atoms with Gasteiger partial charge in [0.2, 0.25) is 0 Å². The zero-order chi connectivity index (χ0) is 20.2. The van der Waals surface area contributed by atoms with Gasteiger partial charge < -0.3 is 8.85 Å². The number of alkyl halides is 3. The maximum atomic E-state index is 14.7. The smallest absolute Gasteiger partial charge is 0.468 e. The quantitative estimate of drug-likeness (QED) is 0.443. The summed E-state index contributed by atoms with van der Waals surface area (Å²) >= 11 is 0. The first-order valence-corrected chi connectivity index (χ1v) is 10.5. The second-order valence-corrected chi connectivity index (χ2v) is 8.88. The summed E-state index contributed by atoms with van der Waals surface area (Å²) in [4.78, 5) is 0. The van der Waals surface area contributed by atoms with Gasteiger partial charge in [0.15, 0.2) is 5.82 Å². The Kier molecular flexibility index (Phi) is 5.86. The van der Waals surface area contributed by atoms with Crippen molar-refractivity contribution >= 4 is 18.9 Å². The Morgan fingerprint density at radius 1 is 0.786 bits per heavy atom. The Morgan fingerprint density at radius 3 is 1.79 bits per heavy atom. The van der Waals surface area contributed by atoms with Gasteiger partial charge in [0.1, 0.15) is 5.75 Å². The van der Waals surface area contributed by atoms with Crippen molar-refractivity contribution in [1.29, 1.82) is 0 Å². The molecule has 0 aliphatic rings. The van der Waals surface area contributed by atoms with E-state index in [0.29, 0.717) is 16.4 Å². The molecule has 0 unspecified atom stereocenters. The Labute approximate surface area is 161 Å². The predicted molar refractivity (Wildman–Crippen MR) is 102 cm³/mol. The van der Waals surface area contributed by atoms with E-state index in [0.717, 1.165) is 6.07 Å². The van der Waals surface area contributed by atoms with Crippen LogP contribution in [0.15, 0.2) is 78.9 Å².